The van der Waals surface area contributed by atoms with Crippen molar-refractivity contribution in [3.05, 3.63) is 29.3 Å². The number of hydrogen-bond donors (Lipinski definition) is 1. The van der Waals surface area contributed by atoms with Crippen molar-refractivity contribution in [3.63, 3.8) is 0 Å². The second-order valence-electron chi connectivity index (χ2n) is 6.50. The van der Waals surface area contributed by atoms with Crippen LogP contribution in [0.3, 0.4) is 0 Å². The molecule has 2 aliphatic heterocycles. The first-order valence-electron chi connectivity index (χ1n) is 7.08. The molecule has 1 aromatic carbocycles. The Balaban J connectivity index is 0.00000147. The smallest absolute Gasteiger partial charge is 0.399 e. The summed E-state index contributed by atoms with van der Waals surface area (Å²) in [5.74, 6) is 0. The number of fused-ring (bicyclic) bond motifs is 1. The van der Waals surface area contributed by atoms with Gasteiger partial charge in [0.2, 0.25) is 0 Å². The zero-order chi connectivity index (χ0) is 13.7. The summed E-state index contributed by atoms with van der Waals surface area (Å²) in [5, 5.41) is 3.44. The minimum Gasteiger partial charge on any atom is -0.399 e. The minimum absolute atomic E-state index is 0. The second kappa shape index (κ2) is 5.34. The molecule has 20 heavy (non-hydrogen) atoms. The van der Waals surface area contributed by atoms with E-state index in [1.165, 1.54) is 16.6 Å². The fourth-order valence-electron chi connectivity index (χ4n) is 2.73. The van der Waals surface area contributed by atoms with Gasteiger partial charge in [-0.3, -0.25) is 0 Å². The van der Waals surface area contributed by atoms with Gasteiger partial charge in [0.1, 0.15) is 0 Å². The third kappa shape index (κ3) is 2.50. The summed E-state index contributed by atoms with van der Waals surface area (Å²) >= 11 is 0. The topological polar surface area (TPSA) is 30.5 Å². The first-order valence-corrected chi connectivity index (χ1v) is 7.08. The van der Waals surface area contributed by atoms with Crippen LogP contribution in [0.1, 0.15) is 38.8 Å². The zero-order valence-corrected chi connectivity index (χ0v) is 13.5. The summed E-state index contributed by atoms with van der Waals surface area (Å²) < 4.78 is 12.3. The lowest BCUT2D eigenvalue weighted by Crippen LogP contribution is -2.41. The molecule has 0 saturated carbocycles. The summed E-state index contributed by atoms with van der Waals surface area (Å²) in [7, 11) is -0.250. The van der Waals surface area contributed by atoms with E-state index in [9.17, 15) is 0 Å². The van der Waals surface area contributed by atoms with E-state index in [0.717, 1.165) is 19.5 Å². The van der Waals surface area contributed by atoms with E-state index in [4.69, 9.17) is 9.31 Å². The van der Waals surface area contributed by atoms with Crippen molar-refractivity contribution < 1.29 is 9.31 Å². The fourth-order valence-corrected chi connectivity index (χ4v) is 2.73. The Hall–Kier alpha value is -0.545. The molecular formula is C15H23BClNO2. The van der Waals surface area contributed by atoms with Crippen LogP contribution in [0.15, 0.2) is 18.2 Å². The van der Waals surface area contributed by atoms with Crippen molar-refractivity contribution in [2.24, 2.45) is 0 Å². The highest BCUT2D eigenvalue weighted by Crippen LogP contribution is 2.36. The number of hydrogen-bond acceptors (Lipinski definition) is 3. The van der Waals surface area contributed by atoms with E-state index in [-0.39, 0.29) is 30.7 Å². The van der Waals surface area contributed by atoms with Gasteiger partial charge in [-0.25, -0.2) is 0 Å². The van der Waals surface area contributed by atoms with Crippen LogP contribution in [-0.2, 0) is 22.3 Å². The van der Waals surface area contributed by atoms with Gasteiger partial charge >= 0.3 is 7.12 Å². The molecule has 0 aromatic heterocycles. The van der Waals surface area contributed by atoms with E-state index >= 15 is 0 Å². The Morgan fingerprint density at radius 3 is 2.40 bits per heavy atom. The van der Waals surface area contributed by atoms with Gasteiger partial charge in [0.25, 0.3) is 0 Å². The quantitative estimate of drug-likeness (QED) is 0.805. The predicted octanol–water partition coefficient (Wildman–Crippen LogP) is 2.05. The van der Waals surface area contributed by atoms with Crippen molar-refractivity contribution in [1.29, 1.82) is 0 Å². The van der Waals surface area contributed by atoms with E-state index in [1.807, 2.05) is 0 Å². The highest BCUT2D eigenvalue weighted by Gasteiger charge is 2.52. The molecule has 2 aliphatic rings. The van der Waals surface area contributed by atoms with E-state index in [0.29, 0.717) is 0 Å². The average molecular weight is 296 g/mol. The van der Waals surface area contributed by atoms with Crippen LogP contribution in [0, 0.1) is 0 Å². The van der Waals surface area contributed by atoms with Gasteiger partial charge in [-0.05, 0) is 57.3 Å². The summed E-state index contributed by atoms with van der Waals surface area (Å²) in [6, 6.07) is 6.46. The molecule has 3 rings (SSSR count). The van der Waals surface area contributed by atoms with Crippen LogP contribution in [0.5, 0.6) is 0 Å². The van der Waals surface area contributed by atoms with Crippen LogP contribution in [-0.4, -0.2) is 24.9 Å². The van der Waals surface area contributed by atoms with Crippen LogP contribution in [0.4, 0.5) is 0 Å². The summed E-state index contributed by atoms with van der Waals surface area (Å²) in [5.41, 5.74) is 3.41. The summed E-state index contributed by atoms with van der Waals surface area (Å²) in [4.78, 5) is 0. The summed E-state index contributed by atoms with van der Waals surface area (Å²) in [6.45, 7) is 10.4. The molecule has 1 aromatic rings. The largest absolute Gasteiger partial charge is 0.495 e. The first kappa shape index (κ1) is 15.8. The molecule has 0 amide bonds. The zero-order valence-electron chi connectivity index (χ0n) is 12.7. The molecule has 2 heterocycles. The van der Waals surface area contributed by atoms with Crippen LogP contribution in [0.25, 0.3) is 0 Å². The van der Waals surface area contributed by atoms with Crippen molar-refractivity contribution in [1.82, 2.24) is 5.32 Å². The molecule has 1 fully saturated rings. The minimum atomic E-state index is -0.275. The number of nitrogens with one attached hydrogen (secondary N) is 1. The van der Waals surface area contributed by atoms with Gasteiger partial charge < -0.3 is 14.6 Å². The van der Waals surface area contributed by atoms with Crippen LogP contribution >= 0.6 is 12.4 Å². The Morgan fingerprint density at radius 1 is 1.10 bits per heavy atom. The Kier molecular flexibility index (Phi) is 4.23. The number of benzene rings is 1. The van der Waals surface area contributed by atoms with E-state index < -0.39 is 0 Å². The fraction of sp³-hybridized carbons (Fsp3) is 0.600. The van der Waals surface area contributed by atoms with Gasteiger partial charge in [0.05, 0.1) is 11.2 Å². The lowest BCUT2D eigenvalue weighted by atomic mass is 9.74. The second-order valence-corrected chi connectivity index (χ2v) is 6.50. The molecular weight excluding hydrogens is 272 g/mol. The Labute approximate surface area is 128 Å². The molecule has 0 bridgehead atoms. The Morgan fingerprint density at radius 2 is 1.75 bits per heavy atom. The van der Waals surface area contributed by atoms with Crippen molar-refractivity contribution >= 4 is 25.0 Å². The maximum atomic E-state index is 6.17. The van der Waals surface area contributed by atoms with Crippen molar-refractivity contribution in [2.45, 2.75) is 51.9 Å². The SMILES string of the molecule is CC1(C)OB(c2cccc3c2CNCC3)OC1(C)C.Cl. The maximum absolute atomic E-state index is 6.17. The van der Waals surface area contributed by atoms with Gasteiger partial charge in [0.15, 0.2) is 0 Å². The first-order chi connectivity index (χ1) is 8.91. The maximum Gasteiger partial charge on any atom is 0.495 e. The van der Waals surface area contributed by atoms with Gasteiger partial charge in [-0.15, -0.1) is 12.4 Å². The molecule has 0 spiro atoms. The van der Waals surface area contributed by atoms with Gasteiger partial charge in [0, 0.05) is 6.54 Å². The third-order valence-corrected chi connectivity index (χ3v) is 4.69. The van der Waals surface area contributed by atoms with E-state index in [2.05, 4.69) is 51.2 Å². The van der Waals surface area contributed by atoms with Crippen molar-refractivity contribution in [2.75, 3.05) is 6.54 Å². The molecule has 3 nitrogen and oxygen atoms in total. The molecule has 5 heteroatoms. The summed E-state index contributed by atoms with van der Waals surface area (Å²) in [6.07, 6.45) is 1.09. The number of rotatable bonds is 1. The number of halogens is 1. The molecule has 0 unspecified atom stereocenters. The average Bonchev–Trinajstić information content (AvgIpc) is 2.58. The monoisotopic (exact) mass is 295 g/mol. The molecule has 0 atom stereocenters. The van der Waals surface area contributed by atoms with Crippen LogP contribution in [0.2, 0.25) is 0 Å². The van der Waals surface area contributed by atoms with Gasteiger partial charge in [-0.2, -0.15) is 0 Å². The predicted molar refractivity (Wildman–Crippen MR) is 84.8 cm³/mol. The highest BCUT2D eigenvalue weighted by molar-refractivity contribution is 6.62. The highest BCUT2D eigenvalue weighted by atomic mass is 35.5. The third-order valence-electron chi connectivity index (χ3n) is 4.69. The van der Waals surface area contributed by atoms with E-state index in [1.54, 1.807) is 0 Å². The standard InChI is InChI=1S/C15H22BNO2.ClH/c1-14(2)15(3,4)19-16(18-14)13-7-5-6-11-8-9-17-10-12(11)13;/h5-7,17H,8-10H2,1-4H3;1H. The molecule has 1 saturated heterocycles. The molecule has 1 N–H and O–H groups in total. The van der Waals surface area contributed by atoms with Gasteiger partial charge in [-0.1, -0.05) is 18.2 Å². The molecule has 0 radical (unpaired) electrons. The molecule has 110 valence electrons. The van der Waals surface area contributed by atoms with Crippen LogP contribution < -0.4 is 10.8 Å². The lowest BCUT2D eigenvalue weighted by Gasteiger charge is -2.32. The Bertz CT molecular complexity index is 489. The van der Waals surface area contributed by atoms with Crippen molar-refractivity contribution in [3.8, 4) is 0 Å². The normalized spacial score (nSPS) is 23.1. The molecule has 0 aliphatic carbocycles. The lowest BCUT2D eigenvalue weighted by molar-refractivity contribution is 0.00578.